The second-order valence-electron chi connectivity index (χ2n) is 16.8. The van der Waals surface area contributed by atoms with Gasteiger partial charge in [0.25, 0.3) is 7.82 Å². The summed E-state index contributed by atoms with van der Waals surface area (Å²) in [5.74, 6) is -0.169. The molecule has 0 spiro atoms. The van der Waals surface area contributed by atoms with Crippen LogP contribution in [0.3, 0.4) is 0 Å². The van der Waals surface area contributed by atoms with Crippen molar-refractivity contribution in [2.45, 2.75) is 231 Å². The summed E-state index contributed by atoms with van der Waals surface area (Å²) in [6.45, 7) is 4.69. The van der Waals surface area contributed by atoms with Crippen LogP contribution < -0.4 is 10.2 Å². The number of aliphatic hydroxyl groups is 1. The van der Waals surface area contributed by atoms with Gasteiger partial charge < -0.3 is 28.8 Å². The van der Waals surface area contributed by atoms with Crippen molar-refractivity contribution in [2.24, 2.45) is 0 Å². The second-order valence-corrected chi connectivity index (χ2v) is 18.2. The van der Waals surface area contributed by atoms with E-state index in [-0.39, 0.29) is 19.1 Å². The highest BCUT2D eigenvalue weighted by molar-refractivity contribution is 7.45. The highest BCUT2D eigenvalue weighted by Gasteiger charge is 2.24. The number of hydrogen-bond acceptors (Lipinski definition) is 6. The number of rotatable bonds is 41. The smallest absolute Gasteiger partial charge is 0.268 e. The number of quaternary nitrogens is 1. The molecule has 1 amide bonds. The zero-order valence-electron chi connectivity index (χ0n) is 35.3. The molecule has 0 aromatic carbocycles. The number of nitrogens with zero attached hydrogens (tertiary/aromatic N) is 1. The first-order valence-electron chi connectivity index (χ1n) is 22.4. The van der Waals surface area contributed by atoms with E-state index in [0.717, 1.165) is 38.5 Å². The molecule has 3 unspecified atom stereocenters. The molecule has 52 heavy (non-hydrogen) atoms. The zero-order valence-corrected chi connectivity index (χ0v) is 36.2. The minimum atomic E-state index is -4.55. The molecule has 0 bridgehead atoms. The molecule has 0 rings (SSSR count). The molecule has 0 aliphatic rings. The lowest BCUT2D eigenvalue weighted by Gasteiger charge is -2.30. The van der Waals surface area contributed by atoms with Crippen LogP contribution in [0.25, 0.3) is 0 Å². The van der Waals surface area contributed by atoms with Crippen LogP contribution in [-0.4, -0.2) is 68.5 Å². The van der Waals surface area contributed by atoms with Gasteiger partial charge in [-0.2, -0.15) is 0 Å². The van der Waals surface area contributed by atoms with Crippen LogP contribution in [0.1, 0.15) is 219 Å². The number of unbranched alkanes of at least 4 members (excludes halogenated alkanes) is 28. The fraction of sp³-hybridized carbons (Fsp3) is 0.977. The molecule has 0 fully saturated rings. The van der Waals surface area contributed by atoms with Crippen molar-refractivity contribution in [3.8, 4) is 0 Å². The van der Waals surface area contributed by atoms with E-state index in [1.807, 2.05) is 21.1 Å². The van der Waals surface area contributed by atoms with Crippen LogP contribution in [0.4, 0.5) is 0 Å². The van der Waals surface area contributed by atoms with Gasteiger partial charge in [0.05, 0.1) is 39.9 Å². The molecular weight excluding hydrogens is 671 g/mol. The molecule has 0 saturated carbocycles. The van der Waals surface area contributed by atoms with Crippen molar-refractivity contribution in [3.05, 3.63) is 0 Å². The lowest BCUT2D eigenvalue weighted by atomic mass is 10.0. The van der Waals surface area contributed by atoms with Gasteiger partial charge in [-0.05, 0) is 12.8 Å². The Bertz CT molecular complexity index is 824. The van der Waals surface area contributed by atoms with Gasteiger partial charge in [0, 0.05) is 6.42 Å². The number of likely N-dealkylation sites (N-methyl/N-ethyl adjacent to an activating group) is 1. The van der Waals surface area contributed by atoms with Gasteiger partial charge in [-0.3, -0.25) is 9.36 Å². The maximum atomic E-state index is 12.7. The van der Waals surface area contributed by atoms with E-state index in [9.17, 15) is 19.4 Å². The monoisotopic (exact) mass is 761 g/mol. The minimum absolute atomic E-state index is 0.0155. The number of carbonyl (C=O) groups excluding carboxylic acids is 1. The molecular formula is C43H89N2O6P. The van der Waals surface area contributed by atoms with E-state index in [1.165, 1.54) is 154 Å². The fourth-order valence-electron chi connectivity index (χ4n) is 6.75. The van der Waals surface area contributed by atoms with Crippen LogP contribution in [-0.2, 0) is 18.4 Å². The third-order valence-electron chi connectivity index (χ3n) is 10.3. The van der Waals surface area contributed by atoms with Gasteiger partial charge in [0.15, 0.2) is 0 Å². The Balaban J connectivity index is 4.10. The fourth-order valence-corrected chi connectivity index (χ4v) is 7.47. The topological polar surface area (TPSA) is 108 Å². The number of carbonyl (C=O) groups is 1. The normalized spacial score (nSPS) is 14.4. The molecule has 0 aliphatic carbocycles. The van der Waals surface area contributed by atoms with E-state index < -0.39 is 20.0 Å². The Morgan fingerprint density at radius 3 is 1.31 bits per heavy atom. The number of nitrogens with one attached hydrogen (secondary N) is 1. The summed E-state index contributed by atoms with van der Waals surface area (Å²) in [7, 11) is 1.31. The predicted molar refractivity (Wildman–Crippen MR) is 219 cm³/mol. The summed E-state index contributed by atoms with van der Waals surface area (Å²) in [5.41, 5.74) is 0. The standard InChI is InChI=1S/C43H89N2O6P/c1-6-8-10-12-14-15-16-17-18-19-20-21-22-23-24-25-26-27-28-29-31-32-34-36-42(46)41(40-51-52(48,49)50-39-38-45(3,4)5)44-43(47)37-35-33-30-13-11-9-7-2/h41-42,46H,6-40H2,1-5H3,(H-,44,47,48,49). The Labute approximate surface area is 323 Å². The van der Waals surface area contributed by atoms with Gasteiger partial charge in [0.1, 0.15) is 13.2 Å². The van der Waals surface area contributed by atoms with Crippen molar-refractivity contribution in [2.75, 3.05) is 40.9 Å². The van der Waals surface area contributed by atoms with Gasteiger partial charge in [0.2, 0.25) is 5.91 Å². The molecule has 3 atom stereocenters. The van der Waals surface area contributed by atoms with Crippen LogP contribution in [0.2, 0.25) is 0 Å². The van der Waals surface area contributed by atoms with E-state index in [1.54, 1.807) is 0 Å². The average molecular weight is 761 g/mol. The SMILES string of the molecule is CCCCCCCCCCCCCCCCCCCCCCCCCC(O)C(COP(=O)([O-])OCC[N+](C)(C)C)NC(=O)CCCCCCCCC. The van der Waals surface area contributed by atoms with Gasteiger partial charge in [-0.1, -0.05) is 200 Å². The van der Waals surface area contributed by atoms with Crippen LogP contribution >= 0.6 is 7.82 Å². The number of amides is 1. The number of hydrogen-bond donors (Lipinski definition) is 2. The highest BCUT2D eigenvalue weighted by atomic mass is 31.2. The molecule has 2 N–H and O–H groups in total. The molecule has 0 radical (unpaired) electrons. The molecule has 8 nitrogen and oxygen atoms in total. The van der Waals surface area contributed by atoms with Gasteiger partial charge in [-0.25, -0.2) is 0 Å². The highest BCUT2D eigenvalue weighted by Crippen LogP contribution is 2.38. The number of phosphoric acid groups is 1. The first-order valence-corrected chi connectivity index (χ1v) is 23.8. The largest absolute Gasteiger partial charge is 0.756 e. The zero-order chi connectivity index (χ0) is 38.6. The van der Waals surface area contributed by atoms with Crippen molar-refractivity contribution >= 4 is 13.7 Å². The molecule has 9 heteroatoms. The molecule has 0 aromatic heterocycles. The van der Waals surface area contributed by atoms with Crippen molar-refractivity contribution < 1.29 is 32.9 Å². The third-order valence-corrected chi connectivity index (χ3v) is 11.3. The van der Waals surface area contributed by atoms with Crippen LogP contribution in [0, 0.1) is 0 Å². The molecule has 0 saturated heterocycles. The average Bonchev–Trinajstić information content (AvgIpc) is 3.09. The maximum Gasteiger partial charge on any atom is 0.268 e. The molecule has 312 valence electrons. The van der Waals surface area contributed by atoms with Gasteiger partial charge in [-0.15, -0.1) is 0 Å². The Morgan fingerprint density at radius 1 is 0.596 bits per heavy atom. The van der Waals surface area contributed by atoms with Crippen molar-refractivity contribution in [1.82, 2.24) is 5.32 Å². The molecule has 0 aliphatic heterocycles. The van der Waals surface area contributed by atoms with Crippen molar-refractivity contribution in [3.63, 3.8) is 0 Å². The van der Waals surface area contributed by atoms with E-state index in [4.69, 9.17) is 9.05 Å². The molecule has 0 aromatic rings. The summed E-state index contributed by atoms with van der Waals surface area (Å²) >= 11 is 0. The van der Waals surface area contributed by atoms with E-state index in [0.29, 0.717) is 23.9 Å². The van der Waals surface area contributed by atoms with Crippen LogP contribution in [0.5, 0.6) is 0 Å². The minimum Gasteiger partial charge on any atom is -0.756 e. The third kappa shape index (κ3) is 37.8. The summed E-state index contributed by atoms with van der Waals surface area (Å²) in [6.07, 6.45) is 38.5. The first kappa shape index (κ1) is 51.5. The summed E-state index contributed by atoms with van der Waals surface area (Å²) in [4.78, 5) is 25.1. The van der Waals surface area contributed by atoms with Crippen LogP contribution in [0.15, 0.2) is 0 Å². The van der Waals surface area contributed by atoms with E-state index in [2.05, 4.69) is 19.2 Å². The predicted octanol–water partition coefficient (Wildman–Crippen LogP) is 11.6. The number of aliphatic hydroxyl groups excluding tert-OH is 1. The maximum absolute atomic E-state index is 12.7. The Kier molecular flexibility index (Phi) is 35.8. The second kappa shape index (κ2) is 36.2. The quantitative estimate of drug-likeness (QED) is 0.0365. The molecule has 0 heterocycles. The summed E-state index contributed by atoms with van der Waals surface area (Å²) in [5, 5.41) is 13.8. The summed E-state index contributed by atoms with van der Waals surface area (Å²) < 4.78 is 23.2. The lowest BCUT2D eigenvalue weighted by molar-refractivity contribution is -0.870. The lowest BCUT2D eigenvalue weighted by Crippen LogP contribution is -2.46. The number of phosphoric ester groups is 1. The Morgan fingerprint density at radius 2 is 0.942 bits per heavy atom. The van der Waals surface area contributed by atoms with Gasteiger partial charge >= 0.3 is 0 Å². The van der Waals surface area contributed by atoms with E-state index >= 15 is 0 Å². The summed E-state index contributed by atoms with van der Waals surface area (Å²) in [6, 6.07) is -0.791. The Hall–Kier alpha value is -0.500. The van der Waals surface area contributed by atoms with Crippen molar-refractivity contribution in [1.29, 1.82) is 0 Å². The first-order chi connectivity index (χ1) is 25.0.